The zero-order chi connectivity index (χ0) is 29.0. The first-order valence-electron chi connectivity index (χ1n) is 14.8. The lowest BCUT2D eigenvalue weighted by atomic mass is 9.86. The van der Waals surface area contributed by atoms with E-state index in [4.69, 9.17) is 15.0 Å². The van der Waals surface area contributed by atoms with Crippen LogP contribution in [0.25, 0.3) is 38.5 Å². The predicted octanol–water partition coefficient (Wildman–Crippen LogP) is 8.08. The van der Waals surface area contributed by atoms with Crippen LogP contribution in [0.15, 0.2) is 119 Å². The molecule has 1 atom stereocenters. The third-order valence-corrected chi connectivity index (χ3v) is 10.6. The average Bonchev–Trinajstić information content (AvgIpc) is 3.07. The highest BCUT2D eigenvalue weighted by Gasteiger charge is 2.29. The molecule has 0 fully saturated rings. The van der Waals surface area contributed by atoms with E-state index in [-0.39, 0.29) is 5.92 Å². The highest BCUT2D eigenvalue weighted by molar-refractivity contribution is 7.95. The van der Waals surface area contributed by atoms with E-state index in [2.05, 4.69) is 42.5 Å². The summed E-state index contributed by atoms with van der Waals surface area (Å²) >= 11 is 0. The van der Waals surface area contributed by atoms with Crippen LogP contribution in [0.1, 0.15) is 48.0 Å². The van der Waals surface area contributed by atoms with E-state index in [0.717, 1.165) is 47.8 Å². The Balaban J connectivity index is 1.18. The first-order valence-corrected chi connectivity index (χ1v) is 16.3. The monoisotopic (exact) mass is 579 g/mol. The van der Waals surface area contributed by atoms with Gasteiger partial charge in [-0.25, -0.2) is 23.4 Å². The highest BCUT2D eigenvalue weighted by Crippen LogP contribution is 2.40. The van der Waals surface area contributed by atoms with Crippen LogP contribution in [0, 0.1) is 0 Å². The SMILES string of the molecule is O=S(=O)(C1=CC=CC(c2nc(C3=CC=CCC3)nc(-c3ccccc3)n2)C1)c1cc2c3c(ccc4cccc(c43)CC2)c1. The van der Waals surface area contributed by atoms with Crippen molar-refractivity contribution in [3.63, 3.8) is 0 Å². The van der Waals surface area contributed by atoms with Gasteiger partial charge in [0, 0.05) is 11.5 Å². The minimum Gasteiger partial charge on any atom is -0.219 e. The summed E-state index contributed by atoms with van der Waals surface area (Å²) in [4.78, 5) is 15.3. The molecule has 0 saturated heterocycles. The van der Waals surface area contributed by atoms with Gasteiger partial charge in [-0.3, -0.25) is 0 Å². The van der Waals surface area contributed by atoms with Crippen LogP contribution in [0.2, 0.25) is 0 Å². The quantitative estimate of drug-likeness (QED) is 0.197. The van der Waals surface area contributed by atoms with Gasteiger partial charge in [0.15, 0.2) is 11.6 Å². The maximum Gasteiger partial charge on any atom is 0.202 e. The first kappa shape index (κ1) is 26.0. The van der Waals surface area contributed by atoms with Crippen LogP contribution >= 0.6 is 0 Å². The second-order valence-electron chi connectivity index (χ2n) is 11.5. The number of benzene rings is 4. The maximum atomic E-state index is 14.2. The number of aromatic nitrogens is 3. The number of sulfone groups is 1. The first-order chi connectivity index (χ1) is 21.0. The molecule has 0 radical (unpaired) electrons. The van der Waals surface area contributed by atoms with E-state index in [0.29, 0.717) is 33.7 Å². The Morgan fingerprint density at radius 3 is 2.37 bits per heavy atom. The van der Waals surface area contributed by atoms with E-state index in [1.807, 2.05) is 60.7 Å². The number of allylic oxidation sites excluding steroid dienone is 8. The third-order valence-electron chi connectivity index (χ3n) is 8.78. The Morgan fingerprint density at radius 2 is 1.51 bits per heavy atom. The molecule has 6 heteroatoms. The van der Waals surface area contributed by atoms with Crippen molar-refractivity contribution < 1.29 is 8.42 Å². The van der Waals surface area contributed by atoms with Crippen molar-refractivity contribution >= 4 is 37.0 Å². The average molecular weight is 580 g/mol. The topological polar surface area (TPSA) is 72.8 Å². The summed E-state index contributed by atoms with van der Waals surface area (Å²) in [6.45, 7) is 0. The smallest absolute Gasteiger partial charge is 0.202 e. The van der Waals surface area contributed by atoms with E-state index in [1.165, 1.54) is 21.7 Å². The maximum absolute atomic E-state index is 14.2. The molecule has 8 rings (SSSR count). The van der Waals surface area contributed by atoms with Crippen molar-refractivity contribution in [2.45, 2.75) is 42.9 Å². The van der Waals surface area contributed by atoms with Crippen molar-refractivity contribution in [1.29, 1.82) is 0 Å². The minimum absolute atomic E-state index is 0.288. The van der Waals surface area contributed by atoms with Gasteiger partial charge in [-0.05, 0) is 88.6 Å². The molecule has 1 unspecified atom stereocenters. The molecule has 0 amide bonds. The van der Waals surface area contributed by atoms with E-state index in [9.17, 15) is 8.42 Å². The van der Waals surface area contributed by atoms with Crippen molar-refractivity contribution in [3.05, 3.63) is 137 Å². The normalized spacial score (nSPS) is 17.8. The fraction of sp³-hybridized carbons (Fsp3) is 0.162. The summed E-state index contributed by atoms with van der Waals surface area (Å²) in [5.74, 6) is 1.55. The molecule has 1 heterocycles. The van der Waals surface area contributed by atoms with E-state index in [1.54, 1.807) is 6.08 Å². The zero-order valence-corrected chi connectivity index (χ0v) is 24.4. The molecule has 0 spiro atoms. The van der Waals surface area contributed by atoms with Gasteiger partial charge in [-0.1, -0.05) is 91.0 Å². The predicted molar refractivity (Wildman–Crippen MR) is 172 cm³/mol. The number of hydrogen-bond donors (Lipinski definition) is 0. The largest absolute Gasteiger partial charge is 0.219 e. The zero-order valence-electron chi connectivity index (χ0n) is 23.6. The second-order valence-corrected chi connectivity index (χ2v) is 13.5. The summed E-state index contributed by atoms with van der Waals surface area (Å²) in [7, 11) is -3.73. The number of aryl methyl sites for hydroxylation is 2. The van der Waals surface area contributed by atoms with Crippen LogP contribution < -0.4 is 0 Å². The Bertz CT molecular complexity index is 2180. The number of hydrogen-bond acceptors (Lipinski definition) is 5. The number of nitrogens with zero attached hydrogens (tertiary/aromatic N) is 3. The van der Waals surface area contributed by atoms with Gasteiger partial charge in [-0.2, -0.15) is 0 Å². The fourth-order valence-electron chi connectivity index (χ4n) is 6.59. The van der Waals surface area contributed by atoms with Crippen LogP contribution in [0.3, 0.4) is 0 Å². The van der Waals surface area contributed by atoms with Crippen LogP contribution in [0.5, 0.6) is 0 Å². The summed E-state index contributed by atoms with van der Waals surface area (Å²) in [6.07, 6.45) is 15.6. The van der Waals surface area contributed by atoms with Crippen molar-refractivity contribution in [2.24, 2.45) is 0 Å². The van der Waals surface area contributed by atoms with Gasteiger partial charge in [0.2, 0.25) is 9.84 Å². The lowest BCUT2D eigenvalue weighted by Gasteiger charge is -2.22. The number of rotatable bonds is 5. The minimum atomic E-state index is -3.73. The molecule has 0 saturated carbocycles. The standard InChI is InChI=1S/C37H29N3O2S/c41-43(42,32-21-28-19-17-24-13-7-14-25-18-20-29(22-32)34(28)33(24)25)31-16-8-15-30(23-31)37-39-35(26-9-3-1-4-10-26)38-36(40-37)27-11-5-2-6-12-27/h1-5,7-11,13-17,19,21-22,30H,6,12,18,20,23H2. The lowest BCUT2D eigenvalue weighted by Crippen LogP contribution is -2.15. The molecule has 3 aliphatic rings. The Kier molecular flexibility index (Phi) is 6.19. The third kappa shape index (κ3) is 4.54. The molecule has 3 aliphatic carbocycles. The summed E-state index contributed by atoms with van der Waals surface area (Å²) in [5.41, 5.74) is 4.41. The van der Waals surface area contributed by atoms with Gasteiger partial charge in [0.05, 0.1) is 9.80 Å². The Morgan fingerprint density at radius 1 is 0.698 bits per heavy atom. The molecule has 5 aromatic rings. The Labute approximate surface area is 251 Å². The second kappa shape index (κ2) is 10.2. The molecule has 0 bridgehead atoms. The van der Waals surface area contributed by atoms with Crippen molar-refractivity contribution in [2.75, 3.05) is 0 Å². The molecule has 43 heavy (non-hydrogen) atoms. The van der Waals surface area contributed by atoms with Gasteiger partial charge in [0.1, 0.15) is 5.82 Å². The van der Waals surface area contributed by atoms with Crippen molar-refractivity contribution in [3.8, 4) is 11.4 Å². The van der Waals surface area contributed by atoms with Crippen molar-refractivity contribution in [1.82, 2.24) is 15.0 Å². The van der Waals surface area contributed by atoms with Gasteiger partial charge in [-0.15, -0.1) is 0 Å². The summed E-state index contributed by atoms with van der Waals surface area (Å²) in [5, 5.41) is 4.62. The van der Waals surface area contributed by atoms with Crippen LogP contribution in [-0.4, -0.2) is 23.4 Å². The van der Waals surface area contributed by atoms with Crippen LogP contribution in [0.4, 0.5) is 0 Å². The van der Waals surface area contributed by atoms with Gasteiger partial charge >= 0.3 is 0 Å². The fourth-order valence-corrected chi connectivity index (χ4v) is 8.13. The van der Waals surface area contributed by atoms with E-state index >= 15 is 0 Å². The highest BCUT2D eigenvalue weighted by atomic mass is 32.2. The molecule has 1 aromatic heterocycles. The molecular formula is C37H29N3O2S. The molecule has 0 aliphatic heterocycles. The molecule has 0 N–H and O–H groups in total. The lowest BCUT2D eigenvalue weighted by molar-refractivity contribution is 0.597. The molecule has 5 nitrogen and oxygen atoms in total. The van der Waals surface area contributed by atoms with Gasteiger partial charge in [0.25, 0.3) is 0 Å². The molecule has 4 aromatic carbocycles. The summed E-state index contributed by atoms with van der Waals surface area (Å²) < 4.78 is 28.4. The van der Waals surface area contributed by atoms with E-state index < -0.39 is 9.84 Å². The molecular weight excluding hydrogens is 550 g/mol. The molecule has 210 valence electrons. The van der Waals surface area contributed by atoms with Gasteiger partial charge < -0.3 is 0 Å². The van der Waals surface area contributed by atoms with Crippen LogP contribution in [-0.2, 0) is 22.7 Å². The Hall–Kier alpha value is -4.68. The summed E-state index contributed by atoms with van der Waals surface area (Å²) in [6, 6.07) is 24.2.